The third-order valence-corrected chi connectivity index (χ3v) is 3.33. The van der Waals surface area contributed by atoms with Gasteiger partial charge >= 0.3 is 0 Å². The molecule has 1 unspecified atom stereocenters. The number of aliphatic hydroxyl groups excluding tert-OH is 1. The van der Waals surface area contributed by atoms with Crippen LogP contribution in [-0.4, -0.2) is 42.6 Å². The maximum atomic E-state index is 10.0. The fraction of sp³-hybridized carbons (Fsp3) is 0.667. The second-order valence-corrected chi connectivity index (χ2v) is 7.37. The van der Waals surface area contributed by atoms with E-state index in [-0.39, 0.29) is 11.1 Å². The van der Waals surface area contributed by atoms with Crippen LogP contribution in [0.3, 0.4) is 0 Å². The molecule has 0 aliphatic heterocycles. The van der Waals surface area contributed by atoms with Crippen LogP contribution in [-0.2, 0) is 11.2 Å². The first-order chi connectivity index (χ1) is 10.1. The molecule has 1 rings (SSSR count). The molecule has 0 amide bonds. The highest BCUT2D eigenvalue weighted by molar-refractivity contribution is 5.28. The normalized spacial score (nSPS) is 14.0. The number of hydrogen-bond acceptors (Lipinski definition) is 4. The number of rotatable bonds is 8. The zero-order chi connectivity index (χ0) is 16.8. The summed E-state index contributed by atoms with van der Waals surface area (Å²) < 4.78 is 10.8. The highest BCUT2D eigenvalue weighted by Crippen LogP contribution is 2.17. The highest BCUT2D eigenvalue weighted by atomic mass is 16.5. The number of nitrogens with one attached hydrogen (secondary N) is 1. The van der Waals surface area contributed by atoms with Gasteiger partial charge < -0.3 is 19.9 Å². The van der Waals surface area contributed by atoms with Crippen LogP contribution in [0.4, 0.5) is 0 Å². The molecule has 1 atom stereocenters. The van der Waals surface area contributed by atoms with Crippen molar-refractivity contribution in [3.8, 4) is 5.75 Å². The summed E-state index contributed by atoms with van der Waals surface area (Å²) in [5.74, 6) is 0.865. The highest BCUT2D eigenvalue weighted by Gasteiger charge is 2.20. The van der Waals surface area contributed by atoms with Crippen LogP contribution >= 0.6 is 0 Å². The van der Waals surface area contributed by atoms with Crippen LogP contribution in [0.25, 0.3) is 0 Å². The van der Waals surface area contributed by atoms with Gasteiger partial charge in [-0.05, 0) is 58.7 Å². The van der Waals surface area contributed by atoms with Crippen molar-refractivity contribution in [2.75, 3.05) is 20.3 Å². The van der Waals surface area contributed by atoms with Gasteiger partial charge in [0.1, 0.15) is 5.75 Å². The molecule has 0 aromatic heterocycles. The maximum Gasteiger partial charge on any atom is 0.118 e. The Bertz CT molecular complexity index is 435. The Kier molecular flexibility index (Phi) is 6.85. The van der Waals surface area contributed by atoms with E-state index in [1.54, 1.807) is 7.11 Å². The van der Waals surface area contributed by atoms with Gasteiger partial charge in [0, 0.05) is 12.1 Å². The summed E-state index contributed by atoms with van der Waals surface area (Å²) in [6.07, 6.45) is 0.374. The van der Waals surface area contributed by atoms with E-state index in [4.69, 9.17) is 9.47 Å². The molecule has 22 heavy (non-hydrogen) atoms. The molecule has 0 radical (unpaired) electrons. The molecule has 0 bridgehead atoms. The van der Waals surface area contributed by atoms with Crippen molar-refractivity contribution in [2.45, 2.75) is 58.3 Å². The molecule has 0 fully saturated rings. The van der Waals surface area contributed by atoms with Crippen molar-refractivity contribution < 1.29 is 14.6 Å². The van der Waals surface area contributed by atoms with Gasteiger partial charge in [0.05, 0.1) is 25.4 Å². The van der Waals surface area contributed by atoms with Gasteiger partial charge in [-0.25, -0.2) is 0 Å². The number of methoxy groups -OCH3 is 1. The molecular weight excluding hydrogens is 278 g/mol. The first-order valence-corrected chi connectivity index (χ1v) is 7.81. The van der Waals surface area contributed by atoms with Crippen molar-refractivity contribution >= 4 is 0 Å². The third kappa shape index (κ3) is 7.78. The molecule has 4 heteroatoms. The molecule has 1 aromatic rings. The summed E-state index contributed by atoms with van der Waals surface area (Å²) >= 11 is 0. The van der Waals surface area contributed by atoms with E-state index in [9.17, 15) is 5.11 Å². The van der Waals surface area contributed by atoms with E-state index in [0.29, 0.717) is 13.2 Å². The van der Waals surface area contributed by atoms with E-state index in [1.807, 2.05) is 32.9 Å². The fourth-order valence-corrected chi connectivity index (χ4v) is 2.12. The summed E-state index contributed by atoms with van der Waals surface area (Å²) in [5.41, 5.74) is 0.912. The fourth-order valence-electron chi connectivity index (χ4n) is 2.12. The summed E-state index contributed by atoms with van der Waals surface area (Å²) in [5, 5.41) is 13.4. The molecule has 0 saturated heterocycles. The zero-order valence-electron chi connectivity index (χ0n) is 14.8. The summed E-state index contributed by atoms with van der Waals surface area (Å²) in [7, 11) is 1.67. The maximum absolute atomic E-state index is 10.0. The van der Waals surface area contributed by atoms with Crippen LogP contribution in [0, 0.1) is 0 Å². The molecule has 0 spiro atoms. The largest absolute Gasteiger partial charge is 0.497 e. The predicted molar refractivity (Wildman–Crippen MR) is 90.5 cm³/mol. The number of ether oxygens (including phenoxy) is 2. The average Bonchev–Trinajstić information content (AvgIpc) is 2.43. The van der Waals surface area contributed by atoms with Gasteiger partial charge in [-0.2, -0.15) is 0 Å². The lowest BCUT2D eigenvalue weighted by atomic mass is 9.94. The third-order valence-electron chi connectivity index (χ3n) is 3.33. The first kappa shape index (κ1) is 18.9. The van der Waals surface area contributed by atoms with Crippen LogP contribution in [0.15, 0.2) is 24.3 Å². The van der Waals surface area contributed by atoms with Crippen molar-refractivity contribution in [3.63, 3.8) is 0 Å². The summed E-state index contributed by atoms with van der Waals surface area (Å²) in [6, 6.07) is 8.08. The van der Waals surface area contributed by atoms with Crippen molar-refractivity contribution in [2.24, 2.45) is 0 Å². The Hall–Kier alpha value is -1.10. The number of hydrogen-bond donors (Lipinski definition) is 2. The number of benzene rings is 1. The Morgan fingerprint density at radius 3 is 2.18 bits per heavy atom. The number of aliphatic hydroxyl groups is 1. The molecule has 0 aliphatic carbocycles. The molecule has 1 aromatic carbocycles. The average molecular weight is 309 g/mol. The molecule has 0 aliphatic rings. The van der Waals surface area contributed by atoms with E-state index < -0.39 is 6.10 Å². The van der Waals surface area contributed by atoms with Gasteiger partial charge in [-0.15, -0.1) is 0 Å². The quantitative estimate of drug-likeness (QED) is 0.775. The lowest BCUT2D eigenvalue weighted by molar-refractivity contribution is -0.0490. The van der Waals surface area contributed by atoms with Crippen LogP contribution in [0.2, 0.25) is 0 Å². The lowest BCUT2D eigenvalue weighted by Crippen LogP contribution is -2.46. The lowest BCUT2D eigenvalue weighted by Gasteiger charge is -2.29. The minimum atomic E-state index is -0.505. The Morgan fingerprint density at radius 1 is 1.09 bits per heavy atom. The second kappa shape index (κ2) is 7.95. The van der Waals surface area contributed by atoms with Crippen LogP contribution < -0.4 is 10.1 Å². The van der Waals surface area contributed by atoms with Gasteiger partial charge in [-0.3, -0.25) is 0 Å². The molecule has 2 N–H and O–H groups in total. The first-order valence-electron chi connectivity index (χ1n) is 7.81. The standard InChI is InChI=1S/C18H31NO3/c1-17(2,3)22-13-15(20)12-19-18(4,5)11-14-7-9-16(21-6)10-8-14/h7-10,15,19-20H,11-13H2,1-6H3. The van der Waals surface area contributed by atoms with Crippen molar-refractivity contribution in [1.82, 2.24) is 5.32 Å². The van der Waals surface area contributed by atoms with Crippen LogP contribution in [0.1, 0.15) is 40.2 Å². The Balaban J connectivity index is 2.42. The van der Waals surface area contributed by atoms with Gasteiger partial charge in [-0.1, -0.05) is 12.1 Å². The van der Waals surface area contributed by atoms with Crippen molar-refractivity contribution in [1.29, 1.82) is 0 Å². The van der Waals surface area contributed by atoms with Crippen LogP contribution in [0.5, 0.6) is 5.75 Å². The monoisotopic (exact) mass is 309 g/mol. The van der Waals surface area contributed by atoms with Gasteiger partial charge in [0.25, 0.3) is 0 Å². The predicted octanol–water partition coefficient (Wildman–Crippen LogP) is 2.78. The second-order valence-electron chi connectivity index (χ2n) is 7.37. The smallest absolute Gasteiger partial charge is 0.118 e. The summed E-state index contributed by atoms with van der Waals surface area (Å²) in [6.45, 7) is 11.1. The minimum absolute atomic E-state index is 0.0999. The molecule has 0 heterocycles. The molecule has 0 saturated carbocycles. The van der Waals surface area contributed by atoms with E-state index in [1.165, 1.54) is 5.56 Å². The SMILES string of the molecule is COc1ccc(CC(C)(C)NCC(O)COC(C)(C)C)cc1. The molecule has 4 nitrogen and oxygen atoms in total. The van der Waals surface area contributed by atoms with E-state index >= 15 is 0 Å². The van der Waals surface area contributed by atoms with Crippen molar-refractivity contribution in [3.05, 3.63) is 29.8 Å². The van der Waals surface area contributed by atoms with Gasteiger partial charge in [0.15, 0.2) is 0 Å². The Labute approximate surface area is 134 Å². The zero-order valence-corrected chi connectivity index (χ0v) is 14.8. The van der Waals surface area contributed by atoms with E-state index in [0.717, 1.165) is 12.2 Å². The van der Waals surface area contributed by atoms with Gasteiger partial charge in [0.2, 0.25) is 0 Å². The molecule has 126 valence electrons. The topological polar surface area (TPSA) is 50.7 Å². The number of β-amino-alcohol motifs (C(OH)–C–C–N with tert-alkyl or cyclic N) is 1. The minimum Gasteiger partial charge on any atom is -0.497 e. The molecular formula is C18H31NO3. The summed E-state index contributed by atoms with van der Waals surface area (Å²) in [4.78, 5) is 0. The Morgan fingerprint density at radius 2 is 1.68 bits per heavy atom. The van der Waals surface area contributed by atoms with E-state index in [2.05, 4.69) is 31.3 Å².